The third-order valence-electron chi connectivity index (χ3n) is 2.57. The molecular formula is C13H25N3O2S. The largest absolute Gasteiger partial charge is 0.346 e. The quantitative estimate of drug-likeness (QED) is 0.869. The fourth-order valence-electron chi connectivity index (χ4n) is 1.91. The minimum atomic E-state index is -3.47. The number of nitrogens with one attached hydrogen (secondary N) is 2. The van der Waals surface area contributed by atoms with Gasteiger partial charge in [0.05, 0.1) is 4.90 Å². The third kappa shape index (κ3) is 4.33. The Kier molecular flexibility index (Phi) is 4.81. The van der Waals surface area contributed by atoms with E-state index in [9.17, 15) is 8.42 Å². The second kappa shape index (κ2) is 5.64. The zero-order valence-electron chi connectivity index (χ0n) is 12.6. The van der Waals surface area contributed by atoms with E-state index >= 15 is 0 Å². The van der Waals surface area contributed by atoms with E-state index in [0.717, 1.165) is 5.69 Å². The monoisotopic (exact) mass is 287 g/mol. The van der Waals surface area contributed by atoms with E-state index in [1.54, 1.807) is 12.3 Å². The molecule has 0 atom stereocenters. The van der Waals surface area contributed by atoms with Gasteiger partial charge in [0.2, 0.25) is 10.0 Å². The maximum atomic E-state index is 12.3. The summed E-state index contributed by atoms with van der Waals surface area (Å²) in [6.07, 6.45) is 1.70. The first kappa shape index (κ1) is 16.2. The Hall–Kier alpha value is -0.850. The maximum absolute atomic E-state index is 12.3. The Balaban J connectivity index is 3.18. The van der Waals surface area contributed by atoms with Crippen LogP contribution >= 0.6 is 0 Å². The molecule has 1 heterocycles. The maximum Gasteiger partial charge on any atom is 0.242 e. The van der Waals surface area contributed by atoms with Crippen molar-refractivity contribution < 1.29 is 8.42 Å². The van der Waals surface area contributed by atoms with Crippen molar-refractivity contribution in [3.05, 3.63) is 18.0 Å². The van der Waals surface area contributed by atoms with Crippen molar-refractivity contribution in [3.8, 4) is 0 Å². The number of hydrogen-bond acceptors (Lipinski definition) is 3. The van der Waals surface area contributed by atoms with Crippen molar-refractivity contribution in [2.75, 3.05) is 7.05 Å². The van der Waals surface area contributed by atoms with Crippen molar-refractivity contribution in [3.63, 3.8) is 0 Å². The predicted octanol–water partition coefficient (Wildman–Crippen LogP) is 1.87. The summed E-state index contributed by atoms with van der Waals surface area (Å²) < 4.78 is 29.2. The fraction of sp³-hybridized carbons (Fsp3) is 0.692. The molecule has 0 unspecified atom stereocenters. The average molecular weight is 287 g/mol. The van der Waals surface area contributed by atoms with Gasteiger partial charge >= 0.3 is 0 Å². The van der Waals surface area contributed by atoms with Gasteiger partial charge in [-0.15, -0.1) is 0 Å². The predicted molar refractivity (Wildman–Crippen MR) is 77.7 cm³/mol. The van der Waals surface area contributed by atoms with Crippen LogP contribution < -0.4 is 10.0 Å². The van der Waals surface area contributed by atoms with Crippen LogP contribution in [-0.2, 0) is 16.6 Å². The SMILES string of the molecule is CNCc1cc(S(=O)(=O)NC(C)(C)C)cn1C(C)C. The van der Waals surface area contributed by atoms with Crippen LogP contribution in [0.3, 0.4) is 0 Å². The van der Waals surface area contributed by atoms with Crippen molar-refractivity contribution in [2.45, 2.75) is 57.6 Å². The first-order valence-corrected chi connectivity index (χ1v) is 7.94. The van der Waals surface area contributed by atoms with Crippen molar-refractivity contribution >= 4 is 10.0 Å². The molecule has 0 spiro atoms. The standard InChI is InChI=1S/C13H25N3O2S/c1-10(2)16-9-12(7-11(16)8-14-6)19(17,18)15-13(3,4)5/h7,9-10,14-15H,8H2,1-6H3. The molecule has 1 rings (SSSR count). The van der Waals surface area contributed by atoms with E-state index in [0.29, 0.717) is 11.4 Å². The highest BCUT2D eigenvalue weighted by Gasteiger charge is 2.24. The van der Waals surface area contributed by atoms with Crippen LogP contribution in [0.25, 0.3) is 0 Å². The molecule has 110 valence electrons. The number of rotatable bonds is 5. The molecule has 0 fully saturated rings. The number of nitrogens with zero attached hydrogens (tertiary/aromatic N) is 1. The molecule has 0 amide bonds. The van der Waals surface area contributed by atoms with Crippen LogP contribution in [0.2, 0.25) is 0 Å². The molecule has 0 bridgehead atoms. The van der Waals surface area contributed by atoms with Gasteiger partial charge in [-0.1, -0.05) is 0 Å². The molecule has 0 saturated carbocycles. The zero-order chi connectivity index (χ0) is 14.8. The van der Waals surface area contributed by atoms with Gasteiger partial charge in [-0.05, 0) is 47.7 Å². The van der Waals surface area contributed by atoms with Crippen LogP contribution in [0.4, 0.5) is 0 Å². The molecule has 2 N–H and O–H groups in total. The van der Waals surface area contributed by atoms with E-state index in [1.165, 1.54) is 0 Å². The summed E-state index contributed by atoms with van der Waals surface area (Å²) in [5.41, 5.74) is 0.480. The lowest BCUT2D eigenvalue weighted by Gasteiger charge is -2.19. The summed E-state index contributed by atoms with van der Waals surface area (Å²) in [5, 5.41) is 3.06. The molecule has 0 aromatic carbocycles. The average Bonchev–Trinajstić information content (AvgIpc) is 2.59. The highest BCUT2D eigenvalue weighted by molar-refractivity contribution is 7.89. The molecule has 0 aliphatic carbocycles. The van der Waals surface area contributed by atoms with E-state index < -0.39 is 15.6 Å². The lowest BCUT2D eigenvalue weighted by molar-refractivity contribution is 0.491. The summed E-state index contributed by atoms with van der Waals surface area (Å²) in [7, 11) is -1.62. The number of hydrogen-bond donors (Lipinski definition) is 2. The summed E-state index contributed by atoms with van der Waals surface area (Å²) >= 11 is 0. The molecule has 0 aliphatic heterocycles. The Morgan fingerprint density at radius 3 is 2.32 bits per heavy atom. The topological polar surface area (TPSA) is 63.1 Å². The lowest BCUT2D eigenvalue weighted by Crippen LogP contribution is -2.40. The molecule has 1 aromatic heterocycles. The van der Waals surface area contributed by atoms with E-state index in [-0.39, 0.29) is 6.04 Å². The normalized spacial score (nSPS) is 13.2. The van der Waals surface area contributed by atoms with Crippen molar-refractivity contribution in [1.82, 2.24) is 14.6 Å². The highest BCUT2D eigenvalue weighted by atomic mass is 32.2. The van der Waals surface area contributed by atoms with Crippen LogP contribution in [0, 0.1) is 0 Å². The third-order valence-corrected chi connectivity index (χ3v) is 4.30. The molecular weight excluding hydrogens is 262 g/mol. The first-order chi connectivity index (χ1) is 8.57. The molecule has 19 heavy (non-hydrogen) atoms. The van der Waals surface area contributed by atoms with Crippen LogP contribution in [0.15, 0.2) is 17.2 Å². The van der Waals surface area contributed by atoms with Crippen LogP contribution in [0.1, 0.15) is 46.4 Å². The van der Waals surface area contributed by atoms with Crippen molar-refractivity contribution in [1.29, 1.82) is 0 Å². The van der Waals surface area contributed by atoms with E-state index in [4.69, 9.17) is 0 Å². The zero-order valence-corrected chi connectivity index (χ0v) is 13.4. The summed E-state index contributed by atoms with van der Waals surface area (Å²) in [4.78, 5) is 0.321. The van der Waals surface area contributed by atoms with Crippen molar-refractivity contribution in [2.24, 2.45) is 0 Å². The Labute approximate surface area is 116 Å². The summed E-state index contributed by atoms with van der Waals surface area (Å²) in [6.45, 7) is 10.2. The number of sulfonamides is 1. The minimum absolute atomic E-state index is 0.224. The Bertz CT molecular complexity index is 525. The summed E-state index contributed by atoms with van der Waals surface area (Å²) in [6, 6.07) is 1.95. The van der Waals surface area contributed by atoms with Gasteiger partial charge < -0.3 is 9.88 Å². The van der Waals surface area contributed by atoms with Gasteiger partial charge in [0.25, 0.3) is 0 Å². The smallest absolute Gasteiger partial charge is 0.242 e. The molecule has 0 aliphatic rings. The molecule has 0 radical (unpaired) electrons. The first-order valence-electron chi connectivity index (χ1n) is 6.46. The van der Waals surface area contributed by atoms with Gasteiger partial charge in [0.15, 0.2) is 0 Å². The second-order valence-electron chi connectivity index (χ2n) is 6.05. The van der Waals surface area contributed by atoms with Gasteiger partial charge in [-0.2, -0.15) is 0 Å². The summed E-state index contributed by atoms with van der Waals surface area (Å²) in [5.74, 6) is 0. The van der Waals surface area contributed by atoms with Crippen LogP contribution in [0.5, 0.6) is 0 Å². The Morgan fingerprint density at radius 1 is 1.32 bits per heavy atom. The van der Waals surface area contributed by atoms with Gasteiger partial charge in [-0.3, -0.25) is 0 Å². The van der Waals surface area contributed by atoms with E-state index in [2.05, 4.69) is 10.0 Å². The highest BCUT2D eigenvalue weighted by Crippen LogP contribution is 2.20. The van der Waals surface area contributed by atoms with Gasteiger partial charge in [-0.25, -0.2) is 13.1 Å². The van der Waals surface area contributed by atoms with E-state index in [1.807, 2.05) is 46.2 Å². The van der Waals surface area contributed by atoms with Gasteiger partial charge in [0, 0.05) is 30.0 Å². The fourth-order valence-corrected chi connectivity index (χ4v) is 3.38. The molecule has 1 aromatic rings. The molecule has 5 nitrogen and oxygen atoms in total. The Morgan fingerprint density at radius 2 is 1.89 bits per heavy atom. The number of aromatic nitrogens is 1. The second-order valence-corrected chi connectivity index (χ2v) is 7.74. The minimum Gasteiger partial charge on any atom is -0.346 e. The molecule has 6 heteroatoms. The molecule has 0 saturated heterocycles. The van der Waals surface area contributed by atoms with Gasteiger partial charge in [0.1, 0.15) is 0 Å². The van der Waals surface area contributed by atoms with Crippen LogP contribution in [-0.4, -0.2) is 25.6 Å². The lowest BCUT2D eigenvalue weighted by atomic mass is 10.1.